The minimum absolute atomic E-state index is 0.674. The molecule has 2 aromatic rings. The number of hydrogen-bond donors (Lipinski definition) is 0. The quantitative estimate of drug-likeness (QED) is 0.842. The van der Waals surface area contributed by atoms with Crippen molar-refractivity contribution in [1.29, 1.82) is 5.26 Å². The summed E-state index contributed by atoms with van der Waals surface area (Å²) in [4.78, 5) is 9.52. The van der Waals surface area contributed by atoms with Crippen LogP contribution in [-0.2, 0) is 0 Å². The molecule has 0 N–H and O–H groups in total. The van der Waals surface area contributed by atoms with Gasteiger partial charge in [0.05, 0.1) is 4.88 Å². The third-order valence-electron chi connectivity index (χ3n) is 3.51. The third-order valence-corrected chi connectivity index (χ3v) is 4.40. The van der Waals surface area contributed by atoms with Crippen molar-refractivity contribution in [3.63, 3.8) is 0 Å². The van der Waals surface area contributed by atoms with Gasteiger partial charge >= 0.3 is 0 Å². The first kappa shape index (κ1) is 13.0. The van der Waals surface area contributed by atoms with Gasteiger partial charge in [-0.3, -0.25) is 4.98 Å². The van der Waals surface area contributed by atoms with E-state index < -0.39 is 0 Å². The molecule has 0 bridgehead atoms. The summed E-state index contributed by atoms with van der Waals surface area (Å²) in [7, 11) is 2.12. The second kappa shape index (κ2) is 5.57. The molecule has 1 aliphatic rings. The zero-order valence-corrected chi connectivity index (χ0v) is 12.1. The molecule has 0 aliphatic carbocycles. The Balaban J connectivity index is 1.94. The average Bonchev–Trinajstić information content (AvgIpc) is 2.93. The summed E-state index contributed by atoms with van der Waals surface area (Å²) in [6, 6.07) is 6.16. The average molecular weight is 285 g/mol. The maximum atomic E-state index is 9.49. The van der Waals surface area contributed by atoms with Crippen LogP contribution in [0.2, 0.25) is 0 Å². The van der Waals surface area contributed by atoms with E-state index in [0.29, 0.717) is 5.56 Å². The molecular formula is C14H15N5S. The van der Waals surface area contributed by atoms with Gasteiger partial charge in [-0.2, -0.15) is 9.64 Å². The molecule has 1 fully saturated rings. The van der Waals surface area contributed by atoms with Crippen LogP contribution in [0.3, 0.4) is 0 Å². The Morgan fingerprint density at radius 1 is 1.30 bits per heavy atom. The number of likely N-dealkylation sites (N-methyl/N-ethyl adjacent to an activating group) is 1. The van der Waals surface area contributed by atoms with Crippen LogP contribution >= 0.6 is 11.5 Å². The Morgan fingerprint density at radius 3 is 2.75 bits per heavy atom. The number of anilines is 1. The van der Waals surface area contributed by atoms with Crippen molar-refractivity contribution in [1.82, 2.24) is 14.3 Å². The first-order valence-electron chi connectivity index (χ1n) is 6.53. The van der Waals surface area contributed by atoms with Crippen LogP contribution in [0.4, 0.5) is 5.82 Å². The molecule has 0 spiro atoms. The van der Waals surface area contributed by atoms with E-state index in [2.05, 4.69) is 32.3 Å². The van der Waals surface area contributed by atoms with Gasteiger partial charge in [-0.05, 0) is 24.6 Å². The smallest absolute Gasteiger partial charge is 0.160 e. The predicted octanol–water partition coefficient (Wildman–Crippen LogP) is 1.83. The van der Waals surface area contributed by atoms with Gasteiger partial charge in [-0.1, -0.05) is 6.07 Å². The van der Waals surface area contributed by atoms with Crippen molar-refractivity contribution in [3.8, 4) is 16.5 Å². The topological polar surface area (TPSA) is 56.1 Å². The number of pyridine rings is 1. The molecule has 0 amide bonds. The molecule has 0 saturated carbocycles. The maximum Gasteiger partial charge on any atom is 0.160 e. The zero-order chi connectivity index (χ0) is 13.9. The van der Waals surface area contributed by atoms with E-state index in [1.54, 1.807) is 12.4 Å². The molecule has 0 aromatic carbocycles. The van der Waals surface area contributed by atoms with Gasteiger partial charge in [-0.25, -0.2) is 0 Å². The Bertz CT molecular complexity index is 623. The Hall–Kier alpha value is -1.97. The highest BCUT2D eigenvalue weighted by Gasteiger charge is 2.22. The first-order chi connectivity index (χ1) is 9.79. The Morgan fingerprint density at radius 2 is 2.10 bits per heavy atom. The number of piperazine rings is 1. The molecule has 3 rings (SSSR count). The van der Waals surface area contributed by atoms with Gasteiger partial charge in [0.1, 0.15) is 11.6 Å². The van der Waals surface area contributed by atoms with Gasteiger partial charge in [0.15, 0.2) is 5.82 Å². The summed E-state index contributed by atoms with van der Waals surface area (Å²) >= 11 is 1.38. The molecule has 6 heteroatoms. The summed E-state index contributed by atoms with van der Waals surface area (Å²) < 4.78 is 4.51. The van der Waals surface area contributed by atoms with Crippen LogP contribution in [0.15, 0.2) is 24.5 Å². The van der Waals surface area contributed by atoms with Crippen molar-refractivity contribution >= 4 is 17.4 Å². The van der Waals surface area contributed by atoms with Gasteiger partial charge < -0.3 is 9.80 Å². The molecule has 0 radical (unpaired) electrons. The minimum atomic E-state index is 0.674. The Labute approximate surface area is 122 Å². The molecule has 3 heterocycles. The van der Waals surface area contributed by atoms with Crippen molar-refractivity contribution in [2.24, 2.45) is 0 Å². The Kier molecular flexibility index (Phi) is 3.63. The lowest BCUT2D eigenvalue weighted by atomic mass is 10.1. The number of rotatable bonds is 2. The minimum Gasteiger partial charge on any atom is -0.352 e. The van der Waals surface area contributed by atoms with Gasteiger partial charge in [0.25, 0.3) is 0 Å². The SMILES string of the molecule is CN1CCN(c2nsc(-c3cccnc3)c2C#N)CC1. The van der Waals surface area contributed by atoms with E-state index in [1.165, 1.54) is 11.5 Å². The van der Waals surface area contributed by atoms with Crippen LogP contribution in [-0.4, -0.2) is 47.5 Å². The molecule has 2 aromatic heterocycles. The molecule has 102 valence electrons. The summed E-state index contributed by atoms with van der Waals surface area (Å²) in [5, 5.41) is 9.49. The monoisotopic (exact) mass is 285 g/mol. The number of aromatic nitrogens is 2. The lowest BCUT2D eigenvalue weighted by molar-refractivity contribution is 0.312. The normalized spacial score (nSPS) is 16.1. The highest BCUT2D eigenvalue weighted by molar-refractivity contribution is 7.10. The second-order valence-electron chi connectivity index (χ2n) is 4.85. The van der Waals surface area contributed by atoms with E-state index in [0.717, 1.165) is 42.4 Å². The molecule has 1 aliphatic heterocycles. The van der Waals surface area contributed by atoms with Crippen LogP contribution < -0.4 is 4.90 Å². The van der Waals surface area contributed by atoms with E-state index in [4.69, 9.17) is 0 Å². The predicted molar refractivity (Wildman–Crippen MR) is 79.8 cm³/mol. The van der Waals surface area contributed by atoms with Gasteiger partial charge in [-0.15, -0.1) is 0 Å². The van der Waals surface area contributed by atoms with Crippen molar-refractivity contribution in [3.05, 3.63) is 30.1 Å². The fourth-order valence-electron chi connectivity index (χ4n) is 2.31. The standard InChI is InChI=1S/C14H15N5S/c1-18-5-7-19(8-6-18)14-12(9-15)13(20-17-14)11-3-2-4-16-10-11/h2-4,10H,5-8H2,1H3. The van der Waals surface area contributed by atoms with Crippen molar-refractivity contribution in [2.75, 3.05) is 38.1 Å². The molecule has 0 atom stereocenters. The molecular weight excluding hydrogens is 270 g/mol. The fraction of sp³-hybridized carbons (Fsp3) is 0.357. The van der Waals surface area contributed by atoms with E-state index in [-0.39, 0.29) is 0 Å². The summed E-state index contributed by atoms with van der Waals surface area (Å²) in [6.07, 6.45) is 3.51. The summed E-state index contributed by atoms with van der Waals surface area (Å²) in [5.41, 5.74) is 1.63. The zero-order valence-electron chi connectivity index (χ0n) is 11.3. The van der Waals surface area contributed by atoms with Crippen molar-refractivity contribution in [2.45, 2.75) is 0 Å². The third kappa shape index (κ3) is 2.38. The van der Waals surface area contributed by atoms with Gasteiger partial charge in [0.2, 0.25) is 0 Å². The lowest BCUT2D eigenvalue weighted by Crippen LogP contribution is -2.44. The van der Waals surface area contributed by atoms with E-state index >= 15 is 0 Å². The van der Waals surface area contributed by atoms with Crippen molar-refractivity contribution < 1.29 is 0 Å². The van der Waals surface area contributed by atoms with Crippen LogP contribution in [0.1, 0.15) is 5.56 Å². The molecule has 5 nitrogen and oxygen atoms in total. The number of nitrogens with zero attached hydrogens (tertiary/aromatic N) is 5. The first-order valence-corrected chi connectivity index (χ1v) is 7.30. The van der Waals surface area contributed by atoms with Crippen LogP contribution in [0.25, 0.3) is 10.4 Å². The number of hydrogen-bond acceptors (Lipinski definition) is 6. The van der Waals surface area contributed by atoms with E-state index in [9.17, 15) is 5.26 Å². The highest BCUT2D eigenvalue weighted by Crippen LogP contribution is 2.34. The molecule has 20 heavy (non-hydrogen) atoms. The fourth-order valence-corrected chi connectivity index (χ4v) is 3.15. The van der Waals surface area contributed by atoms with Crippen LogP contribution in [0, 0.1) is 11.3 Å². The highest BCUT2D eigenvalue weighted by atomic mass is 32.1. The molecule has 1 saturated heterocycles. The lowest BCUT2D eigenvalue weighted by Gasteiger charge is -2.32. The van der Waals surface area contributed by atoms with Gasteiger partial charge in [0, 0.05) is 44.1 Å². The molecule has 0 unspecified atom stereocenters. The number of nitriles is 1. The second-order valence-corrected chi connectivity index (χ2v) is 5.63. The van der Waals surface area contributed by atoms with Crippen LogP contribution in [0.5, 0.6) is 0 Å². The summed E-state index contributed by atoms with van der Waals surface area (Å²) in [5.74, 6) is 0.824. The summed E-state index contributed by atoms with van der Waals surface area (Å²) in [6.45, 7) is 3.85. The maximum absolute atomic E-state index is 9.49. The largest absolute Gasteiger partial charge is 0.352 e. The van der Waals surface area contributed by atoms with E-state index in [1.807, 2.05) is 12.1 Å².